The maximum atomic E-state index is 12.3. The summed E-state index contributed by atoms with van der Waals surface area (Å²) < 4.78 is 6.30. The summed E-state index contributed by atoms with van der Waals surface area (Å²) in [7, 11) is 0. The molecule has 0 fully saturated rings. The van der Waals surface area contributed by atoms with E-state index in [0.717, 1.165) is 0 Å². The molecular formula is C19H14BrN3O4. The SMILES string of the molecule is NC(=O)c1ccc(Oc2ccc(C(=O)Nc3cc(Br)c[nH]c3=O)cc2)cc1. The highest BCUT2D eigenvalue weighted by atomic mass is 79.9. The van der Waals surface area contributed by atoms with Crippen LogP contribution in [0.5, 0.6) is 11.5 Å². The molecule has 27 heavy (non-hydrogen) atoms. The van der Waals surface area contributed by atoms with Crippen LogP contribution in [0.15, 0.2) is 70.1 Å². The Labute approximate surface area is 162 Å². The van der Waals surface area contributed by atoms with Crippen LogP contribution in [0.3, 0.4) is 0 Å². The molecule has 2 aromatic carbocycles. The van der Waals surface area contributed by atoms with Gasteiger partial charge in [0.1, 0.15) is 17.2 Å². The zero-order chi connectivity index (χ0) is 19.4. The van der Waals surface area contributed by atoms with Gasteiger partial charge in [0.2, 0.25) is 5.91 Å². The summed E-state index contributed by atoms with van der Waals surface area (Å²) in [5.41, 5.74) is 5.69. The van der Waals surface area contributed by atoms with Crippen LogP contribution in [0.4, 0.5) is 5.69 Å². The largest absolute Gasteiger partial charge is 0.457 e. The first kappa shape index (κ1) is 18.4. The Morgan fingerprint density at radius 1 is 0.963 bits per heavy atom. The number of ether oxygens (including phenoxy) is 1. The van der Waals surface area contributed by atoms with Crippen molar-refractivity contribution in [2.24, 2.45) is 5.73 Å². The third-order valence-electron chi connectivity index (χ3n) is 3.61. The third-order valence-corrected chi connectivity index (χ3v) is 4.07. The van der Waals surface area contributed by atoms with E-state index in [1.54, 1.807) is 48.5 Å². The van der Waals surface area contributed by atoms with E-state index in [-0.39, 0.29) is 5.69 Å². The van der Waals surface area contributed by atoms with Crippen molar-refractivity contribution in [1.82, 2.24) is 4.98 Å². The Morgan fingerprint density at radius 2 is 1.52 bits per heavy atom. The molecule has 3 aromatic rings. The van der Waals surface area contributed by atoms with Gasteiger partial charge in [0.25, 0.3) is 11.5 Å². The molecule has 1 aromatic heterocycles. The van der Waals surface area contributed by atoms with Crippen LogP contribution >= 0.6 is 15.9 Å². The second kappa shape index (κ2) is 7.88. The minimum absolute atomic E-state index is 0.143. The van der Waals surface area contributed by atoms with E-state index in [2.05, 4.69) is 26.2 Å². The second-order valence-corrected chi connectivity index (χ2v) is 6.45. The molecule has 0 unspecified atom stereocenters. The number of hydrogen-bond donors (Lipinski definition) is 3. The van der Waals surface area contributed by atoms with E-state index in [9.17, 15) is 14.4 Å². The van der Waals surface area contributed by atoms with Crippen molar-refractivity contribution in [2.45, 2.75) is 0 Å². The number of hydrogen-bond acceptors (Lipinski definition) is 4. The molecule has 2 amide bonds. The van der Waals surface area contributed by atoms with E-state index >= 15 is 0 Å². The topological polar surface area (TPSA) is 114 Å². The van der Waals surface area contributed by atoms with Gasteiger partial charge in [-0.1, -0.05) is 0 Å². The highest BCUT2D eigenvalue weighted by Crippen LogP contribution is 2.22. The number of nitrogens with one attached hydrogen (secondary N) is 2. The number of anilines is 1. The molecule has 0 aliphatic rings. The summed E-state index contributed by atoms with van der Waals surface area (Å²) in [6.45, 7) is 0. The van der Waals surface area contributed by atoms with Crippen LogP contribution in [0, 0.1) is 0 Å². The van der Waals surface area contributed by atoms with Crippen LogP contribution in [0.2, 0.25) is 0 Å². The average molecular weight is 428 g/mol. The Balaban J connectivity index is 1.69. The normalized spacial score (nSPS) is 10.3. The minimum Gasteiger partial charge on any atom is -0.457 e. The molecule has 1 heterocycles. The van der Waals surface area contributed by atoms with Crippen LogP contribution in [-0.2, 0) is 0 Å². The van der Waals surface area contributed by atoms with Crippen LogP contribution in [0.1, 0.15) is 20.7 Å². The number of benzene rings is 2. The first-order valence-electron chi connectivity index (χ1n) is 7.80. The molecule has 0 bridgehead atoms. The molecule has 8 heteroatoms. The summed E-state index contributed by atoms with van der Waals surface area (Å²) in [6, 6.07) is 14.3. The molecule has 0 aliphatic carbocycles. The fraction of sp³-hybridized carbons (Fsp3) is 0. The predicted octanol–water partition coefficient (Wildman–Crippen LogP) is 3.28. The first-order valence-corrected chi connectivity index (χ1v) is 8.59. The van der Waals surface area contributed by atoms with Gasteiger partial charge in [-0.05, 0) is 70.5 Å². The van der Waals surface area contributed by atoms with Gasteiger partial charge in [-0.3, -0.25) is 14.4 Å². The van der Waals surface area contributed by atoms with Crippen molar-refractivity contribution >= 4 is 33.4 Å². The number of carbonyl (C=O) groups excluding carboxylic acids is 2. The molecule has 136 valence electrons. The van der Waals surface area contributed by atoms with Gasteiger partial charge >= 0.3 is 0 Å². The lowest BCUT2D eigenvalue weighted by Crippen LogP contribution is -2.19. The van der Waals surface area contributed by atoms with E-state index in [0.29, 0.717) is 27.1 Å². The quantitative estimate of drug-likeness (QED) is 0.579. The van der Waals surface area contributed by atoms with Gasteiger partial charge in [0.05, 0.1) is 0 Å². The number of pyridine rings is 1. The van der Waals surface area contributed by atoms with Gasteiger partial charge in [0.15, 0.2) is 0 Å². The number of aromatic nitrogens is 1. The number of rotatable bonds is 5. The smallest absolute Gasteiger partial charge is 0.271 e. The number of amides is 2. The molecule has 7 nitrogen and oxygen atoms in total. The molecule has 0 saturated heterocycles. The summed E-state index contributed by atoms with van der Waals surface area (Å²) >= 11 is 3.23. The number of halogens is 1. The number of nitrogens with two attached hydrogens (primary N) is 1. The highest BCUT2D eigenvalue weighted by molar-refractivity contribution is 9.10. The van der Waals surface area contributed by atoms with Gasteiger partial charge in [0, 0.05) is 21.8 Å². The molecule has 0 aliphatic heterocycles. The van der Waals surface area contributed by atoms with Gasteiger partial charge in [-0.25, -0.2) is 0 Å². The van der Waals surface area contributed by atoms with Crippen molar-refractivity contribution in [3.8, 4) is 11.5 Å². The van der Waals surface area contributed by atoms with E-state index in [1.807, 2.05) is 0 Å². The molecule has 4 N–H and O–H groups in total. The number of carbonyl (C=O) groups is 2. The Hall–Kier alpha value is -3.39. The molecule has 3 rings (SSSR count). The Kier molecular flexibility index (Phi) is 5.37. The average Bonchev–Trinajstić information content (AvgIpc) is 2.65. The molecule has 0 radical (unpaired) electrons. The summed E-state index contributed by atoms with van der Waals surface area (Å²) in [6.07, 6.45) is 1.49. The maximum absolute atomic E-state index is 12.3. The number of H-pyrrole nitrogens is 1. The first-order chi connectivity index (χ1) is 12.9. The fourth-order valence-electron chi connectivity index (χ4n) is 2.24. The second-order valence-electron chi connectivity index (χ2n) is 5.53. The van der Waals surface area contributed by atoms with Crippen molar-refractivity contribution in [3.05, 3.63) is 86.7 Å². The summed E-state index contributed by atoms with van der Waals surface area (Å²) in [4.78, 5) is 37.6. The van der Waals surface area contributed by atoms with Gasteiger partial charge < -0.3 is 20.8 Å². The van der Waals surface area contributed by atoms with Crippen LogP contribution in [0.25, 0.3) is 0 Å². The summed E-state index contributed by atoms with van der Waals surface area (Å²) in [5, 5.41) is 2.56. The van der Waals surface area contributed by atoms with Crippen molar-refractivity contribution < 1.29 is 14.3 Å². The molecule has 0 saturated carbocycles. The van der Waals surface area contributed by atoms with Crippen molar-refractivity contribution in [3.63, 3.8) is 0 Å². The molecular weight excluding hydrogens is 414 g/mol. The molecule has 0 atom stereocenters. The highest BCUT2D eigenvalue weighted by Gasteiger charge is 2.09. The number of primary amides is 1. The lowest BCUT2D eigenvalue weighted by atomic mass is 10.2. The van der Waals surface area contributed by atoms with Gasteiger partial charge in [-0.15, -0.1) is 0 Å². The van der Waals surface area contributed by atoms with Crippen LogP contribution < -0.4 is 21.3 Å². The maximum Gasteiger partial charge on any atom is 0.271 e. The van der Waals surface area contributed by atoms with Crippen LogP contribution in [-0.4, -0.2) is 16.8 Å². The van der Waals surface area contributed by atoms with Gasteiger partial charge in [-0.2, -0.15) is 0 Å². The monoisotopic (exact) mass is 427 g/mol. The van der Waals surface area contributed by atoms with E-state index < -0.39 is 17.4 Å². The fourth-order valence-corrected chi connectivity index (χ4v) is 2.59. The molecule has 0 spiro atoms. The zero-order valence-corrected chi connectivity index (χ0v) is 15.4. The Bertz CT molecular complexity index is 1040. The third kappa shape index (κ3) is 4.62. The number of aromatic amines is 1. The van der Waals surface area contributed by atoms with E-state index in [1.165, 1.54) is 12.3 Å². The van der Waals surface area contributed by atoms with E-state index in [4.69, 9.17) is 10.5 Å². The van der Waals surface area contributed by atoms with Crippen molar-refractivity contribution in [2.75, 3.05) is 5.32 Å². The lowest BCUT2D eigenvalue weighted by molar-refractivity contribution is 0.0997. The Morgan fingerprint density at radius 3 is 2.07 bits per heavy atom. The summed E-state index contributed by atoms with van der Waals surface area (Å²) in [5.74, 6) is 0.105. The minimum atomic E-state index is -0.513. The predicted molar refractivity (Wildman–Crippen MR) is 104 cm³/mol. The standard InChI is InChI=1S/C19H14BrN3O4/c20-13-9-16(19(26)22-10-13)23-18(25)12-3-7-15(8-4-12)27-14-5-1-11(2-6-14)17(21)24/h1-10H,(H2,21,24)(H,22,26)(H,23,25). The van der Waals surface area contributed by atoms with Crippen molar-refractivity contribution in [1.29, 1.82) is 0 Å². The zero-order valence-electron chi connectivity index (χ0n) is 13.9. The lowest BCUT2D eigenvalue weighted by Gasteiger charge is -2.08.